The van der Waals surface area contributed by atoms with Gasteiger partial charge in [0.15, 0.2) is 10.1 Å². The summed E-state index contributed by atoms with van der Waals surface area (Å²) in [6, 6.07) is 13.6. The number of thiazole rings is 2. The van der Waals surface area contributed by atoms with Crippen LogP contribution in [0.15, 0.2) is 42.5 Å². The highest BCUT2D eigenvalue weighted by atomic mass is 32.1. The number of carbonyl (C=O) groups excluding carboxylic acids is 1. The van der Waals surface area contributed by atoms with Gasteiger partial charge in [-0.15, -0.1) is 11.3 Å². The van der Waals surface area contributed by atoms with Gasteiger partial charge in [0.25, 0.3) is 5.91 Å². The quantitative estimate of drug-likeness (QED) is 0.477. The SMILES string of the molecule is COc1ccc2sc(N(CCN(C)C)C(=O)c3nc4ccccc4s3)nc2c1. The third kappa shape index (κ3) is 3.71. The topological polar surface area (TPSA) is 58.6 Å². The maximum atomic E-state index is 13.3. The van der Waals surface area contributed by atoms with E-state index < -0.39 is 0 Å². The summed E-state index contributed by atoms with van der Waals surface area (Å²) in [5, 5.41) is 1.16. The van der Waals surface area contributed by atoms with E-state index in [4.69, 9.17) is 9.72 Å². The summed E-state index contributed by atoms with van der Waals surface area (Å²) < 4.78 is 7.31. The molecule has 0 unspecified atom stereocenters. The molecule has 0 aliphatic heterocycles. The molecule has 0 fully saturated rings. The second kappa shape index (κ2) is 7.83. The maximum absolute atomic E-state index is 13.3. The molecule has 8 heteroatoms. The van der Waals surface area contributed by atoms with Crippen LogP contribution in [0.2, 0.25) is 0 Å². The molecule has 0 bridgehead atoms. The molecule has 4 rings (SSSR count). The molecule has 0 N–H and O–H groups in total. The summed E-state index contributed by atoms with van der Waals surface area (Å²) in [6.07, 6.45) is 0. The molecule has 28 heavy (non-hydrogen) atoms. The number of nitrogens with zero attached hydrogens (tertiary/aromatic N) is 4. The molecule has 2 aromatic carbocycles. The van der Waals surface area contributed by atoms with Crippen LogP contribution in [0.1, 0.15) is 9.80 Å². The highest BCUT2D eigenvalue weighted by Gasteiger charge is 2.24. The fourth-order valence-electron chi connectivity index (χ4n) is 2.80. The van der Waals surface area contributed by atoms with Crippen LogP contribution in [0, 0.1) is 0 Å². The Morgan fingerprint density at radius 2 is 1.79 bits per heavy atom. The molecular formula is C20H20N4O2S2. The smallest absolute Gasteiger partial charge is 0.289 e. The molecule has 0 aliphatic rings. The van der Waals surface area contributed by atoms with Crippen LogP contribution < -0.4 is 9.64 Å². The number of fused-ring (bicyclic) bond motifs is 2. The molecule has 0 saturated carbocycles. The monoisotopic (exact) mass is 412 g/mol. The number of carbonyl (C=O) groups is 1. The van der Waals surface area contributed by atoms with Gasteiger partial charge in [-0.1, -0.05) is 23.5 Å². The van der Waals surface area contributed by atoms with Crippen molar-refractivity contribution in [2.24, 2.45) is 0 Å². The molecule has 0 saturated heterocycles. The van der Waals surface area contributed by atoms with Crippen molar-refractivity contribution in [3.63, 3.8) is 0 Å². The van der Waals surface area contributed by atoms with Gasteiger partial charge in [0.1, 0.15) is 5.75 Å². The summed E-state index contributed by atoms with van der Waals surface area (Å²) >= 11 is 2.92. The Hall–Kier alpha value is -2.55. The molecular weight excluding hydrogens is 392 g/mol. The number of likely N-dealkylation sites (N-methyl/N-ethyl adjacent to an activating group) is 1. The second-order valence-corrected chi connectivity index (χ2v) is 8.62. The minimum atomic E-state index is -0.117. The molecule has 6 nitrogen and oxygen atoms in total. The van der Waals surface area contributed by atoms with Gasteiger partial charge in [0, 0.05) is 19.2 Å². The molecule has 1 amide bonds. The first kappa shape index (κ1) is 18.8. The Labute approximate surface area is 171 Å². The van der Waals surface area contributed by atoms with E-state index in [0.29, 0.717) is 16.7 Å². The molecule has 2 heterocycles. The largest absolute Gasteiger partial charge is 0.497 e. The third-order valence-electron chi connectivity index (χ3n) is 4.31. The number of hydrogen-bond donors (Lipinski definition) is 0. The Morgan fingerprint density at radius 1 is 1.00 bits per heavy atom. The first-order valence-electron chi connectivity index (χ1n) is 8.82. The minimum absolute atomic E-state index is 0.117. The zero-order valence-corrected chi connectivity index (χ0v) is 17.5. The number of methoxy groups -OCH3 is 1. The molecule has 2 aromatic heterocycles. The molecule has 0 aliphatic carbocycles. The lowest BCUT2D eigenvalue weighted by Gasteiger charge is -2.20. The van der Waals surface area contributed by atoms with E-state index in [1.165, 1.54) is 22.7 Å². The zero-order valence-electron chi connectivity index (χ0n) is 15.9. The highest BCUT2D eigenvalue weighted by molar-refractivity contribution is 7.23. The average Bonchev–Trinajstić information content (AvgIpc) is 3.31. The van der Waals surface area contributed by atoms with Crippen molar-refractivity contribution in [3.05, 3.63) is 47.5 Å². The number of hydrogen-bond acceptors (Lipinski definition) is 7. The van der Waals surface area contributed by atoms with Crippen molar-refractivity contribution in [3.8, 4) is 5.75 Å². The number of amides is 1. The fourth-order valence-corrected chi connectivity index (χ4v) is 4.69. The van der Waals surface area contributed by atoms with Gasteiger partial charge < -0.3 is 9.64 Å². The predicted octanol–water partition coefficient (Wildman–Crippen LogP) is 4.12. The van der Waals surface area contributed by atoms with E-state index in [1.54, 1.807) is 12.0 Å². The number of aromatic nitrogens is 2. The van der Waals surface area contributed by atoms with Crippen molar-refractivity contribution in [2.45, 2.75) is 0 Å². The van der Waals surface area contributed by atoms with Crippen LogP contribution in [0.4, 0.5) is 5.13 Å². The van der Waals surface area contributed by atoms with Crippen LogP contribution in [0.3, 0.4) is 0 Å². The van der Waals surface area contributed by atoms with Crippen LogP contribution in [-0.2, 0) is 0 Å². The lowest BCUT2D eigenvalue weighted by molar-refractivity contribution is 0.0985. The Kier molecular flexibility index (Phi) is 5.25. The zero-order chi connectivity index (χ0) is 19.7. The van der Waals surface area contributed by atoms with Gasteiger partial charge in [-0.2, -0.15) is 0 Å². The van der Waals surface area contributed by atoms with Crippen molar-refractivity contribution in [2.75, 3.05) is 39.2 Å². The predicted molar refractivity (Wildman–Crippen MR) is 116 cm³/mol. The van der Waals surface area contributed by atoms with Crippen molar-refractivity contribution in [1.29, 1.82) is 0 Å². The van der Waals surface area contributed by atoms with Crippen LogP contribution in [0.25, 0.3) is 20.4 Å². The van der Waals surface area contributed by atoms with Crippen molar-refractivity contribution in [1.82, 2.24) is 14.9 Å². The van der Waals surface area contributed by atoms with Crippen molar-refractivity contribution < 1.29 is 9.53 Å². The minimum Gasteiger partial charge on any atom is -0.497 e. The van der Waals surface area contributed by atoms with Crippen LogP contribution in [-0.4, -0.2) is 55.1 Å². The maximum Gasteiger partial charge on any atom is 0.289 e. The Bertz CT molecular complexity index is 1100. The van der Waals surface area contributed by atoms with Crippen LogP contribution in [0.5, 0.6) is 5.75 Å². The first-order chi connectivity index (χ1) is 13.5. The molecule has 0 radical (unpaired) electrons. The Balaban J connectivity index is 1.72. The summed E-state index contributed by atoms with van der Waals surface area (Å²) in [4.78, 5) is 26.3. The second-order valence-electron chi connectivity index (χ2n) is 6.58. The van der Waals surface area contributed by atoms with E-state index in [1.807, 2.05) is 56.6 Å². The van der Waals surface area contributed by atoms with Gasteiger partial charge in [0.2, 0.25) is 0 Å². The molecule has 0 spiro atoms. The van der Waals surface area contributed by atoms with E-state index in [2.05, 4.69) is 9.88 Å². The van der Waals surface area contributed by atoms with Gasteiger partial charge in [0.05, 0.1) is 27.5 Å². The molecule has 144 valence electrons. The lowest BCUT2D eigenvalue weighted by Crippen LogP contribution is -2.36. The summed E-state index contributed by atoms with van der Waals surface area (Å²) in [5.41, 5.74) is 1.67. The summed E-state index contributed by atoms with van der Waals surface area (Å²) in [7, 11) is 5.61. The summed E-state index contributed by atoms with van der Waals surface area (Å²) in [6.45, 7) is 1.27. The van der Waals surface area contributed by atoms with Gasteiger partial charge >= 0.3 is 0 Å². The standard InChI is InChI=1S/C20H20N4O2S2/c1-23(2)10-11-24(19(25)18-21-14-6-4-5-7-16(14)27-18)20-22-15-12-13(26-3)8-9-17(15)28-20/h4-9,12H,10-11H2,1-3H3. The average molecular weight is 413 g/mol. The number of rotatable bonds is 6. The number of anilines is 1. The van der Waals surface area contributed by atoms with E-state index >= 15 is 0 Å². The Morgan fingerprint density at radius 3 is 2.54 bits per heavy atom. The normalized spacial score (nSPS) is 11.4. The van der Waals surface area contributed by atoms with Gasteiger partial charge in [-0.3, -0.25) is 9.69 Å². The number of ether oxygens (including phenoxy) is 1. The lowest BCUT2D eigenvalue weighted by atomic mass is 10.3. The van der Waals surface area contributed by atoms with Crippen molar-refractivity contribution >= 4 is 54.1 Å². The highest BCUT2D eigenvalue weighted by Crippen LogP contribution is 2.32. The van der Waals surface area contributed by atoms with E-state index in [-0.39, 0.29) is 5.91 Å². The van der Waals surface area contributed by atoms with E-state index in [0.717, 1.165) is 32.7 Å². The third-order valence-corrected chi connectivity index (χ3v) is 6.39. The summed E-state index contributed by atoms with van der Waals surface area (Å²) in [5.74, 6) is 0.635. The first-order valence-corrected chi connectivity index (χ1v) is 10.4. The molecule has 0 atom stereocenters. The number of benzene rings is 2. The van der Waals surface area contributed by atoms with Gasteiger partial charge in [-0.25, -0.2) is 9.97 Å². The van der Waals surface area contributed by atoms with E-state index in [9.17, 15) is 4.79 Å². The van der Waals surface area contributed by atoms with Crippen LogP contribution >= 0.6 is 22.7 Å². The van der Waals surface area contributed by atoms with Gasteiger partial charge in [-0.05, 0) is 38.4 Å². The number of para-hydroxylation sites is 1. The fraction of sp³-hybridized carbons (Fsp3) is 0.250. The molecule has 4 aromatic rings.